The fourth-order valence-electron chi connectivity index (χ4n) is 4.00. The Bertz CT molecular complexity index is 1200. The molecular formula is C23H23N3O4. The standard InChI is InChI=1S/C23H23N3O4/c1-4-30-23(29)20(13(2)3)26-12-16-14(8-7-9-15(16)22(26)28)19-21(27)25-18-11-6-5-10-17(18)24-19/h5-11,13,20H,4,12H2,1-3H3,(H,25,27)/t20-/m0/s1. The second kappa shape index (κ2) is 7.74. The molecule has 2 heterocycles. The second-order valence-electron chi connectivity index (χ2n) is 7.64. The first kappa shape index (κ1) is 19.8. The van der Waals surface area contributed by atoms with E-state index in [9.17, 15) is 14.4 Å². The average Bonchev–Trinajstić information content (AvgIpc) is 3.04. The molecule has 1 aliphatic heterocycles. The number of amides is 1. The number of esters is 1. The molecule has 0 radical (unpaired) electrons. The number of aromatic nitrogens is 2. The normalized spacial score (nSPS) is 14.3. The summed E-state index contributed by atoms with van der Waals surface area (Å²) in [7, 11) is 0. The number of H-pyrrole nitrogens is 1. The molecule has 0 spiro atoms. The van der Waals surface area contributed by atoms with Crippen molar-refractivity contribution in [2.24, 2.45) is 5.92 Å². The highest BCUT2D eigenvalue weighted by Crippen LogP contribution is 2.33. The summed E-state index contributed by atoms with van der Waals surface area (Å²) < 4.78 is 5.21. The van der Waals surface area contributed by atoms with Crippen molar-refractivity contribution in [2.75, 3.05) is 6.61 Å². The smallest absolute Gasteiger partial charge is 0.329 e. The van der Waals surface area contributed by atoms with Gasteiger partial charge in [0.2, 0.25) is 0 Å². The maximum atomic E-state index is 13.1. The number of ether oxygens (including phenoxy) is 1. The van der Waals surface area contributed by atoms with Crippen molar-refractivity contribution in [3.8, 4) is 11.3 Å². The van der Waals surface area contributed by atoms with Gasteiger partial charge in [0.1, 0.15) is 11.7 Å². The van der Waals surface area contributed by atoms with Crippen LogP contribution in [0.4, 0.5) is 0 Å². The topological polar surface area (TPSA) is 92.4 Å². The molecule has 4 rings (SSSR count). The molecule has 0 aliphatic carbocycles. The third-order valence-electron chi connectivity index (χ3n) is 5.35. The SMILES string of the molecule is CCOC(=O)[C@H](C(C)C)N1Cc2c(cccc2-c2nc3ccccc3[nH]c2=O)C1=O. The van der Waals surface area contributed by atoms with Crippen molar-refractivity contribution in [1.82, 2.24) is 14.9 Å². The molecule has 2 aromatic carbocycles. The van der Waals surface area contributed by atoms with E-state index in [-0.39, 0.29) is 36.2 Å². The number of hydrogen-bond acceptors (Lipinski definition) is 5. The Balaban J connectivity index is 1.80. The van der Waals surface area contributed by atoms with Crippen molar-refractivity contribution < 1.29 is 14.3 Å². The van der Waals surface area contributed by atoms with Gasteiger partial charge in [-0.05, 0) is 36.6 Å². The highest BCUT2D eigenvalue weighted by atomic mass is 16.5. The molecule has 1 N–H and O–H groups in total. The molecule has 7 heteroatoms. The number of carbonyl (C=O) groups excluding carboxylic acids is 2. The summed E-state index contributed by atoms with van der Waals surface area (Å²) in [6.45, 7) is 5.98. The molecule has 30 heavy (non-hydrogen) atoms. The van der Waals surface area contributed by atoms with Gasteiger partial charge >= 0.3 is 5.97 Å². The quantitative estimate of drug-likeness (QED) is 0.659. The third kappa shape index (κ3) is 3.26. The summed E-state index contributed by atoms with van der Waals surface area (Å²) in [6, 6.07) is 11.9. The van der Waals surface area contributed by atoms with E-state index in [1.54, 1.807) is 31.2 Å². The van der Waals surface area contributed by atoms with Crippen molar-refractivity contribution in [3.63, 3.8) is 0 Å². The minimum atomic E-state index is -0.694. The number of benzene rings is 2. The van der Waals surface area contributed by atoms with Crippen LogP contribution in [0.25, 0.3) is 22.3 Å². The van der Waals surface area contributed by atoms with Gasteiger partial charge in [-0.25, -0.2) is 9.78 Å². The van der Waals surface area contributed by atoms with Crippen LogP contribution in [-0.2, 0) is 16.1 Å². The number of nitrogens with zero attached hydrogens (tertiary/aromatic N) is 2. The Hall–Kier alpha value is -3.48. The van der Waals surface area contributed by atoms with Crippen LogP contribution in [0.1, 0.15) is 36.7 Å². The van der Waals surface area contributed by atoms with Crippen LogP contribution in [0.5, 0.6) is 0 Å². The first-order valence-corrected chi connectivity index (χ1v) is 10.0. The molecule has 3 aromatic rings. The summed E-state index contributed by atoms with van der Waals surface area (Å²) >= 11 is 0. The van der Waals surface area contributed by atoms with Gasteiger partial charge < -0.3 is 14.6 Å². The van der Waals surface area contributed by atoms with Gasteiger partial charge in [-0.2, -0.15) is 0 Å². The fraction of sp³-hybridized carbons (Fsp3) is 0.304. The number of nitrogens with one attached hydrogen (secondary N) is 1. The van der Waals surface area contributed by atoms with Crippen LogP contribution in [0.15, 0.2) is 47.3 Å². The number of hydrogen-bond donors (Lipinski definition) is 1. The van der Waals surface area contributed by atoms with E-state index < -0.39 is 12.0 Å². The Morgan fingerprint density at radius 2 is 1.87 bits per heavy atom. The summed E-state index contributed by atoms with van der Waals surface area (Å²) in [6.07, 6.45) is 0. The highest BCUT2D eigenvalue weighted by molar-refractivity contribution is 6.02. The summed E-state index contributed by atoms with van der Waals surface area (Å²) in [4.78, 5) is 47.4. The molecule has 0 fully saturated rings. The lowest BCUT2D eigenvalue weighted by Crippen LogP contribution is -2.45. The Morgan fingerprint density at radius 3 is 2.60 bits per heavy atom. The van der Waals surface area contributed by atoms with Gasteiger partial charge in [0.25, 0.3) is 11.5 Å². The van der Waals surface area contributed by atoms with E-state index in [0.717, 1.165) is 0 Å². The average molecular weight is 405 g/mol. The highest BCUT2D eigenvalue weighted by Gasteiger charge is 2.40. The van der Waals surface area contributed by atoms with Crippen LogP contribution >= 0.6 is 0 Å². The van der Waals surface area contributed by atoms with E-state index in [1.165, 1.54) is 4.90 Å². The van der Waals surface area contributed by atoms with E-state index in [0.29, 0.717) is 27.7 Å². The summed E-state index contributed by atoms with van der Waals surface area (Å²) in [5.41, 5.74) is 3.04. The molecule has 0 bridgehead atoms. The van der Waals surface area contributed by atoms with Crippen LogP contribution in [0, 0.1) is 5.92 Å². The second-order valence-corrected chi connectivity index (χ2v) is 7.64. The minimum Gasteiger partial charge on any atom is -0.464 e. The monoisotopic (exact) mass is 405 g/mol. The van der Waals surface area contributed by atoms with E-state index in [4.69, 9.17) is 4.74 Å². The Morgan fingerprint density at radius 1 is 1.13 bits per heavy atom. The lowest BCUT2D eigenvalue weighted by molar-refractivity contribution is -0.150. The van der Waals surface area contributed by atoms with Crippen molar-refractivity contribution in [1.29, 1.82) is 0 Å². The van der Waals surface area contributed by atoms with Crippen LogP contribution < -0.4 is 5.56 Å². The molecule has 1 aromatic heterocycles. The lowest BCUT2D eigenvalue weighted by atomic mass is 10.0. The van der Waals surface area contributed by atoms with E-state index in [2.05, 4.69) is 9.97 Å². The number of carbonyl (C=O) groups is 2. The maximum Gasteiger partial charge on any atom is 0.329 e. The summed E-state index contributed by atoms with van der Waals surface area (Å²) in [5.74, 6) is -0.777. The lowest BCUT2D eigenvalue weighted by Gasteiger charge is -2.28. The zero-order valence-electron chi connectivity index (χ0n) is 17.1. The van der Waals surface area contributed by atoms with E-state index in [1.807, 2.05) is 32.0 Å². The largest absolute Gasteiger partial charge is 0.464 e. The van der Waals surface area contributed by atoms with Gasteiger partial charge in [0, 0.05) is 17.7 Å². The van der Waals surface area contributed by atoms with Gasteiger partial charge in [-0.3, -0.25) is 9.59 Å². The number of fused-ring (bicyclic) bond motifs is 2. The van der Waals surface area contributed by atoms with Crippen molar-refractivity contribution in [3.05, 3.63) is 63.9 Å². The zero-order chi connectivity index (χ0) is 21.4. The zero-order valence-corrected chi connectivity index (χ0v) is 17.1. The molecule has 7 nitrogen and oxygen atoms in total. The predicted octanol–water partition coefficient (Wildman–Crippen LogP) is 3.13. The molecule has 1 aliphatic rings. The van der Waals surface area contributed by atoms with Crippen molar-refractivity contribution >= 4 is 22.9 Å². The molecule has 1 atom stereocenters. The minimum absolute atomic E-state index is 0.118. The summed E-state index contributed by atoms with van der Waals surface area (Å²) in [5, 5.41) is 0. The van der Waals surface area contributed by atoms with E-state index >= 15 is 0 Å². The first-order valence-electron chi connectivity index (χ1n) is 10.0. The number of aromatic amines is 1. The first-order chi connectivity index (χ1) is 14.4. The Kier molecular flexibility index (Phi) is 5.11. The van der Waals surface area contributed by atoms with Crippen LogP contribution in [0.2, 0.25) is 0 Å². The predicted molar refractivity (Wildman–Crippen MR) is 113 cm³/mol. The molecule has 0 unspecified atom stereocenters. The molecule has 0 saturated heterocycles. The van der Waals surface area contributed by atoms with Gasteiger partial charge in [0.15, 0.2) is 0 Å². The maximum absolute atomic E-state index is 13.1. The molecule has 0 saturated carbocycles. The van der Waals surface area contributed by atoms with Crippen molar-refractivity contribution in [2.45, 2.75) is 33.4 Å². The Labute approximate surface area is 173 Å². The molecular weight excluding hydrogens is 382 g/mol. The molecule has 154 valence electrons. The van der Waals surface area contributed by atoms with Gasteiger partial charge in [-0.1, -0.05) is 38.1 Å². The number of rotatable bonds is 5. The third-order valence-corrected chi connectivity index (χ3v) is 5.35. The molecule has 1 amide bonds. The van der Waals surface area contributed by atoms with Crippen LogP contribution in [-0.4, -0.2) is 39.4 Å². The number of para-hydroxylation sites is 2. The van der Waals surface area contributed by atoms with Gasteiger partial charge in [0.05, 0.1) is 17.6 Å². The fourth-order valence-corrected chi connectivity index (χ4v) is 4.00. The van der Waals surface area contributed by atoms with Crippen LogP contribution in [0.3, 0.4) is 0 Å². The van der Waals surface area contributed by atoms with Gasteiger partial charge in [-0.15, -0.1) is 0 Å².